The summed E-state index contributed by atoms with van der Waals surface area (Å²) in [5, 5.41) is 3.46. The highest BCUT2D eigenvalue weighted by molar-refractivity contribution is 7.99. The number of halogens is 2. The van der Waals surface area contributed by atoms with Crippen molar-refractivity contribution >= 4 is 17.4 Å². The molecule has 0 spiro atoms. The van der Waals surface area contributed by atoms with E-state index in [-0.39, 0.29) is 0 Å². The van der Waals surface area contributed by atoms with E-state index in [4.69, 9.17) is 0 Å². The van der Waals surface area contributed by atoms with E-state index in [1.807, 2.05) is 18.2 Å². The Morgan fingerprint density at radius 3 is 2.84 bits per heavy atom. The third-order valence-electron chi connectivity index (χ3n) is 3.82. The lowest BCUT2D eigenvalue weighted by Crippen LogP contribution is -2.27. The number of hydrogen-bond acceptors (Lipinski definition) is 2. The molecule has 1 fully saturated rings. The zero-order valence-electron chi connectivity index (χ0n) is 11.2. The maximum Gasteiger partial charge on any atom is 0.288 e. The molecule has 106 valence electrons. The van der Waals surface area contributed by atoms with Gasteiger partial charge in [0.15, 0.2) is 0 Å². The summed E-state index contributed by atoms with van der Waals surface area (Å²) in [5.41, 5.74) is 0.856. The van der Waals surface area contributed by atoms with Gasteiger partial charge in [-0.15, -0.1) is 0 Å². The van der Waals surface area contributed by atoms with Crippen molar-refractivity contribution in [1.29, 1.82) is 0 Å². The van der Waals surface area contributed by atoms with E-state index >= 15 is 0 Å². The lowest BCUT2D eigenvalue weighted by molar-refractivity contribution is 0.252. The molecule has 1 nitrogen and oxygen atoms in total. The third-order valence-corrected chi connectivity index (χ3v) is 4.61. The van der Waals surface area contributed by atoms with Crippen LogP contribution >= 0.6 is 11.8 Å². The van der Waals surface area contributed by atoms with Crippen molar-refractivity contribution in [2.45, 2.75) is 55.7 Å². The molecule has 0 aromatic heterocycles. The molecule has 0 amide bonds. The molecule has 1 aromatic rings. The molecule has 19 heavy (non-hydrogen) atoms. The minimum absolute atomic E-state index is 0.429. The number of alkyl halides is 2. The van der Waals surface area contributed by atoms with E-state index in [2.05, 4.69) is 12.2 Å². The van der Waals surface area contributed by atoms with E-state index in [1.165, 1.54) is 19.3 Å². The average Bonchev–Trinajstić information content (AvgIpc) is 2.41. The van der Waals surface area contributed by atoms with Crippen molar-refractivity contribution in [2.24, 2.45) is 5.92 Å². The molecule has 0 saturated heterocycles. The maximum atomic E-state index is 12.5. The van der Waals surface area contributed by atoms with Gasteiger partial charge < -0.3 is 5.32 Å². The van der Waals surface area contributed by atoms with Gasteiger partial charge in [-0.3, -0.25) is 0 Å². The summed E-state index contributed by atoms with van der Waals surface area (Å²) in [6.45, 7) is 2.23. The van der Waals surface area contributed by atoms with Gasteiger partial charge in [0.05, 0.1) is 0 Å². The highest BCUT2D eigenvalue weighted by Crippen LogP contribution is 2.34. The summed E-state index contributed by atoms with van der Waals surface area (Å²) >= 11 is 0.624. The second-order valence-electron chi connectivity index (χ2n) is 5.16. The number of para-hydroxylation sites is 1. The van der Waals surface area contributed by atoms with Gasteiger partial charge in [0.2, 0.25) is 0 Å². The third kappa shape index (κ3) is 4.37. The molecule has 4 heteroatoms. The Hall–Kier alpha value is -0.770. The van der Waals surface area contributed by atoms with Crippen molar-refractivity contribution in [2.75, 3.05) is 5.32 Å². The van der Waals surface area contributed by atoms with E-state index in [9.17, 15) is 8.78 Å². The largest absolute Gasteiger partial charge is 0.381 e. The first-order chi connectivity index (χ1) is 9.19. The highest BCUT2D eigenvalue weighted by atomic mass is 32.2. The normalized spacial score (nSPS) is 23.6. The lowest BCUT2D eigenvalue weighted by Gasteiger charge is -2.30. The Morgan fingerprint density at radius 1 is 1.32 bits per heavy atom. The molecule has 0 heterocycles. The second-order valence-corrected chi connectivity index (χ2v) is 6.19. The smallest absolute Gasteiger partial charge is 0.288 e. The van der Waals surface area contributed by atoms with Crippen LogP contribution in [0.15, 0.2) is 29.2 Å². The molecular formula is C15H21F2NS. The van der Waals surface area contributed by atoms with Crippen LogP contribution in [0.5, 0.6) is 0 Å². The fourth-order valence-electron chi connectivity index (χ4n) is 2.80. The molecule has 1 saturated carbocycles. The Bertz CT molecular complexity index is 397. The van der Waals surface area contributed by atoms with Crippen LogP contribution in [0.1, 0.15) is 39.0 Å². The molecule has 1 aliphatic carbocycles. The predicted molar refractivity (Wildman–Crippen MR) is 78.0 cm³/mol. The Balaban J connectivity index is 2.01. The van der Waals surface area contributed by atoms with Crippen LogP contribution in [0.2, 0.25) is 0 Å². The summed E-state index contributed by atoms with van der Waals surface area (Å²) in [6.07, 6.45) is 6.06. The number of thioether (sulfide) groups is 1. The van der Waals surface area contributed by atoms with E-state index < -0.39 is 5.76 Å². The maximum absolute atomic E-state index is 12.5. The number of nitrogens with one attached hydrogen (secondary N) is 1. The van der Waals surface area contributed by atoms with Crippen molar-refractivity contribution in [1.82, 2.24) is 0 Å². The van der Waals surface area contributed by atoms with Crippen LogP contribution in [0.25, 0.3) is 0 Å². The van der Waals surface area contributed by atoms with Crippen LogP contribution in [0, 0.1) is 5.92 Å². The molecule has 2 atom stereocenters. The number of anilines is 1. The number of rotatable bonds is 5. The van der Waals surface area contributed by atoms with Crippen molar-refractivity contribution < 1.29 is 8.78 Å². The van der Waals surface area contributed by atoms with Gasteiger partial charge in [-0.1, -0.05) is 50.1 Å². The fraction of sp³-hybridized carbons (Fsp3) is 0.600. The monoisotopic (exact) mass is 285 g/mol. The zero-order chi connectivity index (χ0) is 13.7. The molecule has 2 unspecified atom stereocenters. The van der Waals surface area contributed by atoms with Gasteiger partial charge in [0.1, 0.15) is 0 Å². The molecule has 1 N–H and O–H groups in total. The van der Waals surface area contributed by atoms with Crippen LogP contribution in [0.3, 0.4) is 0 Å². The minimum atomic E-state index is -2.36. The van der Waals surface area contributed by atoms with Gasteiger partial charge in [-0.05, 0) is 30.9 Å². The van der Waals surface area contributed by atoms with Crippen molar-refractivity contribution in [3.8, 4) is 0 Å². The fourth-order valence-corrected chi connectivity index (χ4v) is 3.40. The molecule has 1 aromatic carbocycles. The van der Waals surface area contributed by atoms with Gasteiger partial charge in [0.25, 0.3) is 5.76 Å². The van der Waals surface area contributed by atoms with Crippen LogP contribution in [-0.4, -0.2) is 11.8 Å². The summed E-state index contributed by atoms with van der Waals surface area (Å²) in [6, 6.07) is 7.81. The summed E-state index contributed by atoms with van der Waals surface area (Å²) in [4.78, 5) is 0.649. The summed E-state index contributed by atoms with van der Waals surface area (Å²) in [5.74, 6) is -1.58. The van der Waals surface area contributed by atoms with Gasteiger partial charge in [-0.25, -0.2) is 0 Å². The Kier molecular flexibility index (Phi) is 5.49. The first-order valence-corrected chi connectivity index (χ1v) is 7.87. The van der Waals surface area contributed by atoms with Crippen LogP contribution in [0.4, 0.5) is 14.5 Å². The first kappa shape index (κ1) is 14.6. The van der Waals surface area contributed by atoms with E-state index in [0.29, 0.717) is 22.7 Å². The molecule has 0 aliphatic heterocycles. The Morgan fingerprint density at radius 2 is 2.11 bits per heavy atom. The topological polar surface area (TPSA) is 12.0 Å². The zero-order valence-corrected chi connectivity index (χ0v) is 12.1. The van der Waals surface area contributed by atoms with Crippen LogP contribution in [-0.2, 0) is 0 Å². The van der Waals surface area contributed by atoms with Gasteiger partial charge in [-0.2, -0.15) is 8.78 Å². The molecule has 0 bridgehead atoms. The first-order valence-electron chi connectivity index (χ1n) is 6.99. The minimum Gasteiger partial charge on any atom is -0.381 e. The predicted octanol–water partition coefficient (Wildman–Crippen LogP) is 5.38. The average molecular weight is 285 g/mol. The van der Waals surface area contributed by atoms with Gasteiger partial charge >= 0.3 is 0 Å². The summed E-state index contributed by atoms with van der Waals surface area (Å²) < 4.78 is 25.1. The molecule has 2 rings (SSSR count). The van der Waals surface area contributed by atoms with Crippen molar-refractivity contribution in [3.05, 3.63) is 24.3 Å². The quantitative estimate of drug-likeness (QED) is 0.729. The molecular weight excluding hydrogens is 264 g/mol. The lowest BCUT2D eigenvalue weighted by atomic mass is 9.84. The molecule has 1 aliphatic rings. The number of benzene rings is 1. The SMILES string of the molecule is CCC1CCCC(Nc2ccccc2SC(F)F)C1. The summed E-state index contributed by atoms with van der Waals surface area (Å²) in [7, 11) is 0. The standard InChI is InChI=1S/C15H21F2NS/c1-2-11-6-5-7-12(10-11)18-13-8-3-4-9-14(13)19-15(16)17/h3-4,8-9,11-12,15,18H,2,5-7,10H2,1H3. The van der Waals surface area contributed by atoms with Crippen LogP contribution < -0.4 is 5.32 Å². The molecule has 0 radical (unpaired) electrons. The highest BCUT2D eigenvalue weighted by Gasteiger charge is 2.21. The number of hydrogen-bond donors (Lipinski definition) is 1. The van der Waals surface area contributed by atoms with E-state index in [0.717, 1.165) is 24.4 Å². The second kappa shape index (κ2) is 7.13. The van der Waals surface area contributed by atoms with Crippen molar-refractivity contribution in [3.63, 3.8) is 0 Å². The van der Waals surface area contributed by atoms with Gasteiger partial charge in [0, 0.05) is 16.6 Å². The Labute approximate surface area is 118 Å². The van der Waals surface area contributed by atoms with E-state index in [1.54, 1.807) is 6.07 Å².